The highest BCUT2D eigenvalue weighted by molar-refractivity contribution is 9.10. The summed E-state index contributed by atoms with van der Waals surface area (Å²) in [5, 5.41) is 9.25. The van der Waals surface area contributed by atoms with Crippen LogP contribution in [0.2, 0.25) is 0 Å². The largest absolute Gasteiger partial charge is 0.291 e. The summed E-state index contributed by atoms with van der Waals surface area (Å²) in [6.45, 7) is 0. The molecule has 0 spiro atoms. The van der Waals surface area contributed by atoms with Crippen molar-refractivity contribution in [3.05, 3.63) is 110 Å². The van der Waals surface area contributed by atoms with Gasteiger partial charge in [-0.1, -0.05) is 57.6 Å². The maximum Gasteiger partial charge on any atom is 0.291 e. The molecule has 7 nitrogen and oxygen atoms in total. The van der Waals surface area contributed by atoms with Gasteiger partial charge in [0.15, 0.2) is 5.82 Å². The molecule has 0 amide bonds. The van der Waals surface area contributed by atoms with E-state index in [1.807, 2.05) is 83.7 Å². The summed E-state index contributed by atoms with van der Waals surface area (Å²) in [6, 6.07) is 21.5. The molecule has 4 aromatic heterocycles. The van der Waals surface area contributed by atoms with Crippen LogP contribution in [0, 0.1) is 0 Å². The Morgan fingerprint density at radius 3 is 2.38 bits per heavy atom. The number of halogens is 1. The Hall–Kier alpha value is -3.95. The first-order chi connectivity index (χ1) is 16.7. The maximum absolute atomic E-state index is 13.1. The van der Waals surface area contributed by atoms with Gasteiger partial charge < -0.3 is 0 Å². The van der Waals surface area contributed by atoms with Gasteiger partial charge in [0.25, 0.3) is 5.56 Å². The van der Waals surface area contributed by atoms with E-state index in [1.54, 1.807) is 12.4 Å². The maximum atomic E-state index is 13.1. The third-order valence-corrected chi connectivity index (χ3v) is 6.78. The van der Waals surface area contributed by atoms with E-state index < -0.39 is 0 Å². The number of rotatable bonds is 4. The van der Waals surface area contributed by atoms with Gasteiger partial charge in [0.2, 0.25) is 4.96 Å². The third kappa shape index (κ3) is 3.74. The topological polar surface area (TPSA) is 78.0 Å². The van der Waals surface area contributed by atoms with Crippen molar-refractivity contribution in [3.8, 4) is 28.3 Å². The number of pyridine rings is 1. The van der Waals surface area contributed by atoms with Crippen molar-refractivity contribution in [1.29, 1.82) is 0 Å². The zero-order valence-electron chi connectivity index (χ0n) is 17.5. The molecule has 6 rings (SSSR count). The fourth-order valence-corrected chi connectivity index (χ4v) is 4.80. The van der Waals surface area contributed by atoms with Crippen LogP contribution in [0.3, 0.4) is 0 Å². The van der Waals surface area contributed by atoms with E-state index in [2.05, 4.69) is 31.0 Å². The molecule has 0 bridgehead atoms. The Morgan fingerprint density at radius 1 is 0.882 bits per heavy atom. The minimum absolute atomic E-state index is 0.206. The standard InChI is InChI=1S/C25H15BrN6OS/c26-19-8-6-16(7-9-19)22-18(15-31(29-22)20-4-2-1-3-5-20)14-21-24(33)32-25(34-21)28-23(30-32)17-10-12-27-13-11-17/h1-15H/b21-14-. The van der Waals surface area contributed by atoms with Gasteiger partial charge in [-0.3, -0.25) is 9.78 Å². The van der Waals surface area contributed by atoms with Gasteiger partial charge in [0.05, 0.1) is 15.9 Å². The Balaban J connectivity index is 1.50. The number of nitrogens with zero attached hydrogens (tertiary/aromatic N) is 6. The molecule has 0 aliphatic carbocycles. The van der Waals surface area contributed by atoms with Crippen molar-refractivity contribution < 1.29 is 0 Å². The average molecular weight is 527 g/mol. The van der Waals surface area contributed by atoms with Crippen LogP contribution >= 0.6 is 27.3 Å². The number of benzene rings is 2. The van der Waals surface area contributed by atoms with Crippen molar-refractivity contribution >= 4 is 38.3 Å². The number of thiazole rings is 1. The highest BCUT2D eigenvalue weighted by Crippen LogP contribution is 2.26. The van der Waals surface area contributed by atoms with Gasteiger partial charge in [-0.05, 0) is 42.5 Å². The van der Waals surface area contributed by atoms with Crippen LogP contribution in [0.15, 0.2) is 94.6 Å². The lowest BCUT2D eigenvalue weighted by Crippen LogP contribution is -2.23. The molecule has 0 N–H and O–H groups in total. The molecule has 0 saturated heterocycles. The molecule has 0 saturated carbocycles. The molecule has 0 unspecified atom stereocenters. The summed E-state index contributed by atoms with van der Waals surface area (Å²) in [6.07, 6.45) is 7.15. The van der Waals surface area contributed by atoms with Gasteiger partial charge in [-0.15, -0.1) is 5.10 Å². The number of fused-ring (bicyclic) bond motifs is 1. The molecule has 0 atom stereocenters. The van der Waals surface area contributed by atoms with Crippen LogP contribution in [0.4, 0.5) is 0 Å². The van der Waals surface area contributed by atoms with Crippen LogP contribution < -0.4 is 10.1 Å². The number of hydrogen-bond acceptors (Lipinski definition) is 6. The predicted octanol–water partition coefficient (Wildman–Crippen LogP) is 4.38. The highest BCUT2D eigenvalue weighted by atomic mass is 79.9. The van der Waals surface area contributed by atoms with Crippen LogP contribution in [-0.2, 0) is 0 Å². The first kappa shape index (κ1) is 20.6. The van der Waals surface area contributed by atoms with Gasteiger partial charge in [-0.25, -0.2) is 4.68 Å². The SMILES string of the molecule is O=c1/c(=C/c2cn(-c3ccccc3)nc2-c2ccc(Br)cc2)sc2nc(-c3ccncc3)nn12. The van der Waals surface area contributed by atoms with Gasteiger partial charge in [0, 0.05) is 39.8 Å². The third-order valence-electron chi connectivity index (χ3n) is 5.29. The van der Waals surface area contributed by atoms with E-state index in [0.29, 0.717) is 15.3 Å². The highest BCUT2D eigenvalue weighted by Gasteiger charge is 2.15. The van der Waals surface area contributed by atoms with E-state index >= 15 is 0 Å². The van der Waals surface area contributed by atoms with Crippen LogP contribution in [0.25, 0.3) is 39.4 Å². The minimum atomic E-state index is -0.206. The average Bonchev–Trinajstić information content (AvgIpc) is 3.56. The molecule has 0 radical (unpaired) electrons. The van der Waals surface area contributed by atoms with Gasteiger partial charge >= 0.3 is 0 Å². The van der Waals surface area contributed by atoms with Crippen molar-refractivity contribution in [3.63, 3.8) is 0 Å². The summed E-state index contributed by atoms with van der Waals surface area (Å²) in [5.41, 5.74) is 4.12. The second kappa shape index (κ2) is 8.44. The van der Waals surface area contributed by atoms with Gasteiger partial charge in [-0.2, -0.15) is 14.6 Å². The summed E-state index contributed by atoms with van der Waals surface area (Å²) in [7, 11) is 0. The van der Waals surface area contributed by atoms with Gasteiger partial charge in [0.1, 0.15) is 0 Å². The molecule has 9 heteroatoms. The fraction of sp³-hybridized carbons (Fsp3) is 0. The van der Waals surface area contributed by atoms with E-state index in [4.69, 9.17) is 5.10 Å². The summed E-state index contributed by atoms with van der Waals surface area (Å²) in [4.78, 5) is 22.2. The second-order valence-electron chi connectivity index (χ2n) is 7.50. The molecule has 4 heterocycles. The molecule has 0 aliphatic heterocycles. The molecule has 34 heavy (non-hydrogen) atoms. The monoisotopic (exact) mass is 526 g/mol. The first-order valence-electron chi connectivity index (χ1n) is 10.4. The Bertz CT molecular complexity index is 1720. The number of hydrogen-bond donors (Lipinski definition) is 0. The van der Waals surface area contributed by atoms with E-state index in [0.717, 1.165) is 32.5 Å². The van der Waals surface area contributed by atoms with Crippen LogP contribution in [0.5, 0.6) is 0 Å². The smallest absolute Gasteiger partial charge is 0.266 e. The lowest BCUT2D eigenvalue weighted by atomic mass is 10.1. The summed E-state index contributed by atoms with van der Waals surface area (Å²) < 4.78 is 4.71. The second-order valence-corrected chi connectivity index (χ2v) is 9.43. The van der Waals surface area contributed by atoms with Crippen molar-refractivity contribution in [2.24, 2.45) is 0 Å². The summed E-state index contributed by atoms with van der Waals surface area (Å²) in [5.74, 6) is 0.504. The molecule has 164 valence electrons. The lowest BCUT2D eigenvalue weighted by molar-refractivity contribution is 0.884. The van der Waals surface area contributed by atoms with Crippen molar-refractivity contribution in [2.45, 2.75) is 0 Å². The van der Waals surface area contributed by atoms with Crippen molar-refractivity contribution in [1.82, 2.24) is 29.4 Å². The lowest BCUT2D eigenvalue weighted by Gasteiger charge is -2.00. The summed E-state index contributed by atoms with van der Waals surface area (Å²) >= 11 is 4.79. The molecule has 2 aromatic carbocycles. The zero-order valence-corrected chi connectivity index (χ0v) is 19.9. The fourth-order valence-electron chi connectivity index (χ4n) is 3.64. The van der Waals surface area contributed by atoms with Crippen LogP contribution in [-0.4, -0.2) is 29.4 Å². The first-order valence-corrected chi connectivity index (χ1v) is 12.0. The Kier molecular flexibility index (Phi) is 5.12. The molecule has 0 aliphatic rings. The van der Waals surface area contributed by atoms with Crippen LogP contribution in [0.1, 0.15) is 5.56 Å². The Morgan fingerprint density at radius 2 is 1.65 bits per heavy atom. The minimum Gasteiger partial charge on any atom is -0.266 e. The molecule has 0 fully saturated rings. The Labute approximate surface area is 205 Å². The number of aromatic nitrogens is 6. The predicted molar refractivity (Wildman–Crippen MR) is 136 cm³/mol. The van der Waals surface area contributed by atoms with E-state index in [-0.39, 0.29) is 5.56 Å². The van der Waals surface area contributed by atoms with Crippen molar-refractivity contribution in [2.75, 3.05) is 0 Å². The quantitative estimate of drug-likeness (QED) is 0.340. The molecular formula is C25H15BrN6OS. The van der Waals surface area contributed by atoms with E-state index in [1.165, 1.54) is 15.9 Å². The molecular weight excluding hydrogens is 512 g/mol. The molecule has 6 aromatic rings. The zero-order chi connectivity index (χ0) is 23.1. The normalized spacial score (nSPS) is 12.0. The number of para-hydroxylation sites is 1. The van der Waals surface area contributed by atoms with E-state index in [9.17, 15) is 4.79 Å².